The highest BCUT2D eigenvalue weighted by Gasteiger charge is 2.38. The second-order valence-electron chi connectivity index (χ2n) is 5.50. The van der Waals surface area contributed by atoms with E-state index in [0.29, 0.717) is 5.92 Å². The number of rotatable bonds is 3. The monoisotopic (exact) mass is 246 g/mol. The number of alkyl halides is 1. The van der Waals surface area contributed by atoms with Gasteiger partial charge in [0.2, 0.25) is 0 Å². The molecule has 0 N–H and O–H groups in total. The molecule has 2 unspecified atom stereocenters. The van der Waals surface area contributed by atoms with E-state index in [-0.39, 0.29) is 5.60 Å². The predicted octanol–water partition coefficient (Wildman–Crippen LogP) is 3.23. The molecular weight excluding hydrogens is 224 g/mol. The van der Waals surface area contributed by atoms with Gasteiger partial charge in [-0.1, -0.05) is 6.92 Å². The molecule has 16 heavy (non-hydrogen) atoms. The average Bonchev–Trinajstić information content (AvgIpc) is 2.30. The van der Waals surface area contributed by atoms with Crippen LogP contribution in [0.25, 0.3) is 0 Å². The fourth-order valence-corrected chi connectivity index (χ4v) is 3.18. The van der Waals surface area contributed by atoms with Crippen molar-refractivity contribution in [2.45, 2.75) is 44.6 Å². The number of hydrogen-bond acceptors (Lipinski definition) is 2. The second kappa shape index (κ2) is 5.70. The number of hydrogen-bond donors (Lipinski definition) is 0. The molecule has 0 saturated carbocycles. The molecule has 0 aliphatic carbocycles. The summed E-state index contributed by atoms with van der Waals surface area (Å²) in [5.41, 5.74) is 0.146. The topological polar surface area (TPSA) is 18.5 Å². The van der Waals surface area contributed by atoms with Gasteiger partial charge in [0.05, 0.1) is 5.60 Å². The maximum Gasteiger partial charge on any atom is 0.0729 e. The van der Waals surface area contributed by atoms with Crippen molar-refractivity contribution in [3.63, 3.8) is 0 Å². The number of ether oxygens (including phenoxy) is 2. The maximum atomic E-state index is 6.04. The van der Waals surface area contributed by atoms with E-state index in [2.05, 4.69) is 6.92 Å². The summed E-state index contributed by atoms with van der Waals surface area (Å²) >= 11 is 5.90. The summed E-state index contributed by atoms with van der Waals surface area (Å²) in [6.07, 6.45) is 5.86. The third-order valence-corrected chi connectivity index (χ3v) is 4.53. The lowest BCUT2D eigenvalue weighted by molar-refractivity contribution is -0.148. The molecule has 2 aliphatic heterocycles. The summed E-state index contributed by atoms with van der Waals surface area (Å²) in [7, 11) is 0. The fraction of sp³-hybridized carbons (Fsp3) is 1.00. The highest BCUT2D eigenvalue weighted by atomic mass is 35.5. The van der Waals surface area contributed by atoms with Crippen LogP contribution in [0.15, 0.2) is 0 Å². The molecule has 1 spiro atoms. The Hall–Kier alpha value is 0.210. The summed E-state index contributed by atoms with van der Waals surface area (Å²) in [6.45, 7) is 4.92. The van der Waals surface area contributed by atoms with Crippen molar-refractivity contribution in [1.29, 1.82) is 0 Å². The highest BCUT2D eigenvalue weighted by molar-refractivity contribution is 6.18. The van der Waals surface area contributed by atoms with Crippen molar-refractivity contribution in [3.8, 4) is 0 Å². The normalized spacial score (nSPS) is 31.5. The molecule has 2 aliphatic rings. The largest absolute Gasteiger partial charge is 0.381 e. The van der Waals surface area contributed by atoms with Crippen LogP contribution in [0.2, 0.25) is 0 Å². The van der Waals surface area contributed by atoms with Gasteiger partial charge in [0.15, 0.2) is 0 Å². The Balaban J connectivity index is 1.87. The van der Waals surface area contributed by atoms with Gasteiger partial charge >= 0.3 is 0 Å². The lowest BCUT2D eigenvalue weighted by Crippen LogP contribution is -2.44. The van der Waals surface area contributed by atoms with Gasteiger partial charge in [-0.3, -0.25) is 0 Å². The van der Waals surface area contributed by atoms with Crippen LogP contribution in [0.4, 0.5) is 0 Å². The molecule has 0 aromatic carbocycles. The van der Waals surface area contributed by atoms with Crippen molar-refractivity contribution in [3.05, 3.63) is 0 Å². The van der Waals surface area contributed by atoms with Crippen LogP contribution in [0.1, 0.15) is 39.0 Å². The minimum Gasteiger partial charge on any atom is -0.381 e. The van der Waals surface area contributed by atoms with E-state index in [0.717, 1.165) is 44.5 Å². The van der Waals surface area contributed by atoms with Crippen LogP contribution < -0.4 is 0 Å². The van der Waals surface area contributed by atoms with Gasteiger partial charge in [-0.25, -0.2) is 0 Å². The molecule has 0 aromatic heterocycles. The molecule has 0 bridgehead atoms. The Morgan fingerprint density at radius 2 is 2.06 bits per heavy atom. The standard InChI is InChI=1S/C13H23ClO2/c1-11(10-14)8-12-2-5-16-13(9-12)3-6-15-7-4-13/h11-12H,2-10H2,1H3. The van der Waals surface area contributed by atoms with Crippen molar-refractivity contribution in [2.75, 3.05) is 25.7 Å². The zero-order valence-electron chi connectivity index (χ0n) is 10.2. The third kappa shape index (κ3) is 3.12. The molecular formula is C13H23ClO2. The van der Waals surface area contributed by atoms with Gasteiger partial charge in [-0.2, -0.15) is 0 Å². The zero-order valence-corrected chi connectivity index (χ0v) is 11.0. The summed E-state index contributed by atoms with van der Waals surface area (Å²) in [5, 5.41) is 0. The van der Waals surface area contributed by atoms with E-state index in [1.165, 1.54) is 19.3 Å². The minimum absolute atomic E-state index is 0.146. The van der Waals surface area contributed by atoms with Crippen molar-refractivity contribution in [2.24, 2.45) is 11.8 Å². The van der Waals surface area contributed by atoms with Crippen molar-refractivity contribution >= 4 is 11.6 Å². The SMILES string of the molecule is CC(CCl)CC1CCOC2(CCOCC2)C1. The smallest absolute Gasteiger partial charge is 0.0729 e. The molecule has 2 atom stereocenters. The molecule has 2 heterocycles. The fourth-order valence-electron chi connectivity index (χ4n) is 3.05. The van der Waals surface area contributed by atoms with E-state index >= 15 is 0 Å². The molecule has 0 aromatic rings. The van der Waals surface area contributed by atoms with Gasteiger partial charge in [0.25, 0.3) is 0 Å². The molecule has 2 saturated heterocycles. The molecule has 2 rings (SSSR count). The predicted molar refractivity (Wildman–Crippen MR) is 66.0 cm³/mol. The molecule has 2 nitrogen and oxygen atoms in total. The van der Waals surface area contributed by atoms with E-state index < -0.39 is 0 Å². The highest BCUT2D eigenvalue weighted by Crippen LogP contribution is 2.39. The Morgan fingerprint density at radius 3 is 2.75 bits per heavy atom. The first kappa shape index (κ1) is 12.7. The van der Waals surface area contributed by atoms with E-state index in [1.807, 2.05) is 0 Å². The molecule has 0 amide bonds. The van der Waals surface area contributed by atoms with Gasteiger partial charge < -0.3 is 9.47 Å². The Bertz CT molecular complexity index is 208. The number of halogens is 1. The average molecular weight is 247 g/mol. The lowest BCUT2D eigenvalue weighted by Gasteiger charge is -2.43. The first-order valence-electron chi connectivity index (χ1n) is 6.52. The van der Waals surface area contributed by atoms with Crippen LogP contribution in [-0.2, 0) is 9.47 Å². The molecule has 2 fully saturated rings. The van der Waals surface area contributed by atoms with Gasteiger partial charge in [-0.05, 0) is 43.9 Å². The summed E-state index contributed by atoms with van der Waals surface area (Å²) in [6, 6.07) is 0. The van der Waals surface area contributed by atoms with E-state index in [4.69, 9.17) is 21.1 Å². The van der Waals surface area contributed by atoms with Gasteiger partial charge in [0, 0.05) is 25.7 Å². The molecule has 0 radical (unpaired) electrons. The van der Waals surface area contributed by atoms with Crippen LogP contribution in [0, 0.1) is 11.8 Å². The Morgan fingerprint density at radius 1 is 1.31 bits per heavy atom. The van der Waals surface area contributed by atoms with Gasteiger partial charge in [-0.15, -0.1) is 11.6 Å². The van der Waals surface area contributed by atoms with Crippen LogP contribution >= 0.6 is 11.6 Å². The van der Waals surface area contributed by atoms with Crippen LogP contribution in [0.5, 0.6) is 0 Å². The Kier molecular flexibility index (Phi) is 4.51. The zero-order chi connectivity index (χ0) is 11.4. The van der Waals surface area contributed by atoms with E-state index in [9.17, 15) is 0 Å². The first-order valence-corrected chi connectivity index (χ1v) is 7.05. The summed E-state index contributed by atoms with van der Waals surface area (Å²) in [5.74, 6) is 2.23. The van der Waals surface area contributed by atoms with Crippen molar-refractivity contribution < 1.29 is 9.47 Å². The maximum absolute atomic E-state index is 6.04. The third-order valence-electron chi connectivity index (χ3n) is 4.00. The van der Waals surface area contributed by atoms with Crippen LogP contribution in [0.3, 0.4) is 0 Å². The van der Waals surface area contributed by atoms with Crippen molar-refractivity contribution in [1.82, 2.24) is 0 Å². The molecule has 3 heteroatoms. The first-order chi connectivity index (χ1) is 7.74. The summed E-state index contributed by atoms with van der Waals surface area (Å²) < 4.78 is 11.5. The van der Waals surface area contributed by atoms with E-state index in [1.54, 1.807) is 0 Å². The van der Waals surface area contributed by atoms with Crippen LogP contribution in [-0.4, -0.2) is 31.3 Å². The summed E-state index contributed by atoms with van der Waals surface area (Å²) in [4.78, 5) is 0. The second-order valence-corrected chi connectivity index (χ2v) is 5.81. The Labute approximate surface area is 104 Å². The van der Waals surface area contributed by atoms with Gasteiger partial charge in [0.1, 0.15) is 0 Å². The molecule has 94 valence electrons. The quantitative estimate of drug-likeness (QED) is 0.712. The lowest BCUT2D eigenvalue weighted by atomic mass is 9.78. The minimum atomic E-state index is 0.146.